The summed E-state index contributed by atoms with van der Waals surface area (Å²) in [7, 11) is 0. The van der Waals surface area contributed by atoms with Gasteiger partial charge < -0.3 is 10.1 Å². The molecule has 0 aliphatic carbocycles. The van der Waals surface area contributed by atoms with Gasteiger partial charge in [0.2, 0.25) is 0 Å². The van der Waals surface area contributed by atoms with Gasteiger partial charge in [0.05, 0.1) is 11.2 Å². The van der Waals surface area contributed by atoms with Gasteiger partial charge in [0.1, 0.15) is 6.73 Å². The molecule has 0 aromatic heterocycles. The van der Waals surface area contributed by atoms with Crippen molar-refractivity contribution in [1.29, 1.82) is 0 Å². The van der Waals surface area contributed by atoms with E-state index in [4.69, 9.17) is 4.74 Å². The second kappa shape index (κ2) is 3.10. The smallest absolute Gasteiger partial charge is 0.116 e. The van der Waals surface area contributed by atoms with Crippen molar-refractivity contribution in [3.63, 3.8) is 0 Å². The first-order valence-corrected chi connectivity index (χ1v) is 3.36. The van der Waals surface area contributed by atoms with E-state index in [1.165, 1.54) is 0 Å². The van der Waals surface area contributed by atoms with Gasteiger partial charge in [-0.2, -0.15) is 0 Å². The third kappa shape index (κ3) is 1.84. The predicted octanol–water partition coefficient (Wildman–Crippen LogP) is 1.19. The lowest BCUT2D eigenvalue weighted by atomic mass is 10.4. The van der Waals surface area contributed by atoms with Crippen molar-refractivity contribution < 1.29 is 4.74 Å². The minimum absolute atomic E-state index is 0.622. The monoisotopic (exact) mass is 177 g/mol. The zero-order chi connectivity index (χ0) is 5.82. The van der Waals surface area contributed by atoms with Crippen molar-refractivity contribution >= 4 is 15.9 Å². The fourth-order valence-corrected chi connectivity index (χ4v) is 0.877. The van der Waals surface area contributed by atoms with Gasteiger partial charge in [0.15, 0.2) is 0 Å². The molecule has 0 aromatic rings. The number of nitrogens with one attached hydrogen (secondary N) is 1. The molecule has 0 amide bonds. The maximum absolute atomic E-state index is 5.07. The van der Waals surface area contributed by atoms with Crippen LogP contribution < -0.4 is 5.32 Å². The van der Waals surface area contributed by atoms with Crippen LogP contribution in [0, 0.1) is 0 Å². The lowest BCUT2D eigenvalue weighted by Crippen LogP contribution is -2.11. The quantitative estimate of drug-likeness (QED) is 0.562. The van der Waals surface area contributed by atoms with Crippen LogP contribution >= 0.6 is 15.9 Å². The maximum Gasteiger partial charge on any atom is 0.116 e. The second-order valence-corrected chi connectivity index (χ2v) is 2.42. The Morgan fingerprint density at radius 1 is 1.75 bits per heavy atom. The molecule has 0 atom stereocenters. The third-order valence-corrected chi connectivity index (χ3v) is 1.53. The van der Waals surface area contributed by atoms with E-state index in [0.717, 1.165) is 17.6 Å². The van der Waals surface area contributed by atoms with E-state index in [1.807, 2.05) is 0 Å². The molecule has 1 aliphatic rings. The van der Waals surface area contributed by atoms with E-state index >= 15 is 0 Å². The molecular formula is C5H8BrNO. The molecule has 2 nitrogen and oxygen atoms in total. The summed E-state index contributed by atoms with van der Waals surface area (Å²) >= 11 is 3.31. The van der Waals surface area contributed by atoms with Crippen LogP contribution in [0.25, 0.3) is 0 Å². The van der Waals surface area contributed by atoms with Crippen LogP contribution in [0.4, 0.5) is 0 Å². The Hall–Kier alpha value is -0.0200. The van der Waals surface area contributed by atoms with E-state index in [9.17, 15) is 0 Å². The summed E-state index contributed by atoms with van der Waals surface area (Å²) in [6.45, 7) is 1.44. The molecule has 0 spiro atoms. The fraction of sp³-hybridized carbons (Fsp3) is 0.600. The van der Waals surface area contributed by atoms with Gasteiger partial charge in [-0.25, -0.2) is 0 Å². The van der Waals surface area contributed by atoms with Crippen LogP contribution in [-0.4, -0.2) is 13.3 Å². The Balaban J connectivity index is 2.36. The summed E-state index contributed by atoms with van der Waals surface area (Å²) in [6.07, 6.45) is 3.06. The number of ether oxygens (including phenoxy) is 1. The van der Waals surface area contributed by atoms with Crippen molar-refractivity contribution in [3.05, 3.63) is 10.7 Å². The Bertz CT molecular complexity index is 103. The first-order chi connectivity index (χ1) is 3.89. The number of hydrogen-bond donors (Lipinski definition) is 1. The second-order valence-electron chi connectivity index (χ2n) is 1.57. The molecule has 0 saturated carbocycles. The minimum atomic E-state index is 0.622. The largest absolute Gasteiger partial charge is 0.361 e. The van der Waals surface area contributed by atoms with Gasteiger partial charge >= 0.3 is 0 Å². The van der Waals surface area contributed by atoms with Crippen LogP contribution in [0.15, 0.2) is 10.7 Å². The first-order valence-electron chi connectivity index (χ1n) is 2.57. The molecule has 1 heterocycles. The number of hydrogen-bond acceptors (Lipinski definition) is 2. The normalized spacial score (nSPS) is 20.9. The lowest BCUT2D eigenvalue weighted by molar-refractivity contribution is 0.134. The first kappa shape index (κ1) is 6.11. The van der Waals surface area contributed by atoms with Gasteiger partial charge in [-0.15, -0.1) is 0 Å². The lowest BCUT2D eigenvalue weighted by Gasteiger charge is -1.98. The van der Waals surface area contributed by atoms with Gasteiger partial charge in [0, 0.05) is 0 Å². The predicted molar refractivity (Wildman–Crippen MR) is 35.6 cm³/mol. The maximum atomic E-state index is 5.07. The highest BCUT2D eigenvalue weighted by molar-refractivity contribution is 9.11. The van der Waals surface area contributed by atoms with Crippen LogP contribution in [0.3, 0.4) is 0 Å². The molecule has 0 saturated heterocycles. The summed E-state index contributed by atoms with van der Waals surface area (Å²) in [5, 5.41) is 3.00. The average Bonchev–Trinajstić information content (AvgIpc) is 1.94. The zero-order valence-corrected chi connectivity index (χ0v) is 6.07. The van der Waals surface area contributed by atoms with Gasteiger partial charge in [-0.3, -0.25) is 0 Å². The molecule has 0 radical (unpaired) electrons. The Morgan fingerprint density at radius 2 is 2.62 bits per heavy atom. The molecule has 1 rings (SSSR count). The van der Waals surface area contributed by atoms with E-state index in [-0.39, 0.29) is 0 Å². The standard InChI is InChI=1S/C5H8BrNO/c6-5-2-1-3-8-4-7-5/h2,7H,1,3-4H2. The number of rotatable bonds is 0. The van der Waals surface area contributed by atoms with Gasteiger partial charge in [0.25, 0.3) is 0 Å². The van der Waals surface area contributed by atoms with Gasteiger partial charge in [-0.05, 0) is 22.4 Å². The highest BCUT2D eigenvalue weighted by Crippen LogP contribution is 2.03. The van der Waals surface area contributed by atoms with Gasteiger partial charge in [-0.1, -0.05) is 6.08 Å². The molecule has 0 aromatic carbocycles. The van der Waals surface area contributed by atoms with Crippen molar-refractivity contribution in [2.24, 2.45) is 0 Å². The SMILES string of the molecule is BrC1=CCCOCN1. The Kier molecular flexibility index (Phi) is 2.36. The molecular weight excluding hydrogens is 170 g/mol. The fourth-order valence-electron chi connectivity index (χ4n) is 0.533. The van der Waals surface area contributed by atoms with Crippen molar-refractivity contribution in [2.45, 2.75) is 6.42 Å². The van der Waals surface area contributed by atoms with E-state index in [2.05, 4.69) is 27.3 Å². The van der Waals surface area contributed by atoms with Crippen LogP contribution in [-0.2, 0) is 4.74 Å². The van der Waals surface area contributed by atoms with Crippen LogP contribution in [0.1, 0.15) is 6.42 Å². The summed E-state index contributed by atoms with van der Waals surface area (Å²) in [4.78, 5) is 0. The highest BCUT2D eigenvalue weighted by atomic mass is 79.9. The molecule has 1 aliphatic heterocycles. The Morgan fingerprint density at radius 3 is 3.50 bits per heavy atom. The summed E-state index contributed by atoms with van der Waals surface area (Å²) in [5.41, 5.74) is 0. The number of halogens is 1. The topological polar surface area (TPSA) is 21.3 Å². The molecule has 46 valence electrons. The molecule has 0 unspecified atom stereocenters. The molecule has 3 heteroatoms. The van der Waals surface area contributed by atoms with Crippen molar-refractivity contribution in [1.82, 2.24) is 5.32 Å². The Labute approximate surface area is 57.0 Å². The minimum Gasteiger partial charge on any atom is -0.361 e. The van der Waals surface area contributed by atoms with E-state index < -0.39 is 0 Å². The van der Waals surface area contributed by atoms with Crippen LogP contribution in [0.2, 0.25) is 0 Å². The highest BCUT2D eigenvalue weighted by Gasteiger charge is 1.94. The zero-order valence-electron chi connectivity index (χ0n) is 4.48. The summed E-state index contributed by atoms with van der Waals surface area (Å²) in [6, 6.07) is 0. The molecule has 0 fully saturated rings. The summed E-state index contributed by atoms with van der Waals surface area (Å²) < 4.78 is 6.11. The third-order valence-electron chi connectivity index (χ3n) is 0.929. The van der Waals surface area contributed by atoms with Crippen molar-refractivity contribution in [2.75, 3.05) is 13.3 Å². The van der Waals surface area contributed by atoms with Crippen molar-refractivity contribution in [3.8, 4) is 0 Å². The van der Waals surface area contributed by atoms with Crippen LogP contribution in [0.5, 0.6) is 0 Å². The molecule has 0 bridgehead atoms. The van der Waals surface area contributed by atoms with E-state index in [1.54, 1.807) is 0 Å². The average molecular weight is 178 g/mol. The van der Waals surface area contributed by atoms with E-state index in [0.29, 0.717) is 6.73 Å². The summed E-state index contributed by atoms with van der Waals surface area (Å²) in [5.74, 6) is 0. The molecule has 1 N–H and O–H groups in total. The molecule has 8 heavy (non-hydrogen) atoms.